The third kappa shape index (κ3) is 2.58. The van der Waals surface area contributed by atoms with Crippen molar-refractivity contribution >= 4 is 5.91 Å². The largest absolute Gasteiger partial charge is 0.339 e. The van der Waals surface area contributed by atoms with Gasteiger partial charge in [-0.05, 0) is 18.9 Å². The Labute approximate surface area is 121 Å². The smallest absolute Gasteiger partial charge is 0.255 e. The summed E-state index contributed by atoms with van der Waals surface area (Å²) in [6, 6.07) is 2.72. The van der Waals surface area contributed by atoms with Gasteiger partial charge in [-0.3, -0.25) is 9.59 Å². The summed E-state index contributed by atoms with van der Waals surface area (Å²) in [6.45, 7) is 2.59. The number of nitrogens with one attached hydrogen (secondary N) is 1. The van der Waals surface area contributed by atoms with E-state index in [1.54, 1.807) is 4.90 Å². The molecular weight excluding hydrogens is 272 g/mol. The molecular formula is C14H16N4O3. The maximum Gasteiger partial charge on any atom is 0.255 e. The molecule has 0 unspecified atom stereocenters. The van der Waals surface area contributed by atoms with Gasteiger partial charge in [0.2, 0.25) is 11.4 Å². The van der Waals surface area contributed by atoms with E-state index >= 15 is 0 Å². The van der Waals surface area contributed by atoms with Gasteiger partial charge in [0.15, 0.2) is 5.82 Å². The molecule has 1 fully saturated rings. The molecule has 0 saturated carbocycles. The fourth-order valence-electron chi connectivity index (χ4n) is 2.53. The first-order chi connectivity index (χ1) is 10.2. The number of rotatable bonds is 3. The van der Waals surface area contributed by atoms with Crippen molar-refractivity contribution in [3.8, 4) is 0 Å². The SMILES string of the molecule is CCc1nc([C@H]2CCCN2C(=O)c2ccc(=O)[nH]c2)no1. The second kappa shape index (κ2) is 5.51. The number of hydrogen-bond acceptors (Lipinski definition) is 5. The van der Waals surface area contributed by atoms with Gasteiger partial charge in [-0.25, -0.2) is 0 Å². The molecule has 2 aromatic rings. The Hall–Kier alpha value is -2.44. The van der Waals surface area contributed by atoms with Gasteiger partial charge in [-0.1, -0.05) is 12.1 Å². The van der Waals surface area contributed by atoms with Gasteiger partial charge in [0.25, 0.3) is 5.91 Å². The molecule has 21 heavy (non-hydrogen) atoms. The van der Waals surface area contributed by atoms with E-state index in [-0.39, 0.29) is 17.5 Å². The molecule has 3 rings (SSSR count). The van der Waals surface area contributed by atoms with E-state index in [4.69, 9.17) is 4.52 Å². The lowest BCUT2D eigenvalue weighted by atomic mass is 10.2. The molecule has 0 spiro atoms. The standard InChI is InChI=1S/C14H16N4O3/c1-2-12-16-13(17-21-12)10-4-3-7-18(10)14(20)9-5-6-11(19)15-8-9/h5-6,8,10H,2-4,7H2,1H3,(H,15,19)/t10-/m1/s1. The summed E-state index contributed by atoms with van der Waals surface area (Å²) in [6.07, 6.45) is 3.83. The lowest BCUT2D eigenvalue weighted by molar-refractivity contribution is 0.0728. The highest BCUT2D eigenvalue weighted by molar-refractivity contribution is 5.94. The van der Waals surface area contributed by atoms with Crippen LogP contribution in [0.3, 0.4) is 0 Å². The van der Waals surface area contributed by atoms with Crippen LogP contribution in [-0.2, 0) is 6.42 Å². The van der Waals surface area contributed by atoms with Crippen molar-refractivity contribution in [2.75, 3.05) is 6.54 Å². The van der Waals surface area contributed by atoms with Crippen LogP contribution in [0, 0.1) is 0 Å². The molecule has 1 N–H and O–H groups in total. The number of amides is 1. The first-order valence-corrected chi connectivity index (χ1v) is 7.01. The molecule has 0 aromatic carbocycles. The minimum atomic E-state index is -0.227. The zero-order valence-electron chi connectivity index (χ0n) is 11.7. The topological polar surface area (TPSA) is 92.1 Å². The van der Waals surface area contributed by atoms with E-state index in [2.05, 4.69) is 15.1 Å². The molecule has 0 aliphatic carbocycles. The molecule has 1 saturated heterocycles. The van der Waals surface area contributed by atoms with Crippen molar-refractivity contribution in [1.82, 2.24) is 20.0 Å². The van der Waals surface area contributed by atoms with Crippen molar-refractivity contribution in [2.24, 2.45) is 0 Å². The number of H-pyrrole nitrogens is 1. The number of carbonyl (C=O) groups excluding carboxylic acids is 1. The molecule has 1 aliphatic rings. The van der Waals surface area contributed by atoms with Gasteiger partial charge in [0, 0.05) is 25.2 Å². The zero-order chi connectivity index (χ0) is 14.8. The number of hydrogen-bond donors (Lipinski definition) is 1. The first-order valence-electron chi connectivity index (χ1n) is 7.01. The highest BCUT2D eigenvalue weighted by Crippen LogP contribution is 2.31. The fourth-order valence-corrected chi connectivity index (χ4v) is 2.53. The molecule has 3 heterocycles. The zero-order valence-corrected chi connectivity index (χ0v) is 11.7. The number of aromatic amines is 1. The number of aryl methyl sites for hydroxylation is 1. The second-order valence-corrected chi connectivity index (χ2v) is 5.00. The average Bonchev–Trinajstić information content (AvgIpc) is 3.15. The summed E-state index contributed by atoms with van der Waals surface area (Å²) in [7, 11) is 0. The molecule has 1 amide bonds. The number of aromatic nitrogens is 3. The van der Waals surface area contributed by atoms with Crippen LogP contribution in [0.15, 0.2) is 27.6 Å². The molecule has 2 aromatic heterocycles. The van der Waals surface area contributed by atoms with Gasteiger partial charge in [-0.2, -0.15) is 4.98 Å². The Bertz CT molecular complexity index is 686. The molecule has 1 atom stereocenters. The summed E-state index contributed by atoms with van der Waals surface area (Å²) < 4.78 is 5.13. The molecule has 1 aliphatic heterocycles. The van der Waals surface area contributed by atoms with Crippen molar-refractivity contribution in [1.29, 1.82) is 0 Å². The Morgan fingerprint density at radius 1 is 1.52 bits per heavy atom. The van der Waals surface area contributed by atoms with Gasteiger partial charge in [0.05, 0.1) is 11.6 Å². The predicted molar refractivity (Wildman–Crippen MR) is 73.8 cm³/mol. The minimum Gasteiger partial charge on any atom is -0.339 e. The number of carbonyl (C=O) groups is 1. The molecule has 7 heteroatoms. The normalized spacial score (nSPS) is 18.1. The van der Waals surface area contributed by atoms with Crippen LogP contribution < -0.4 is 5.56 Å². The van der Waals surface area contributed by atoms with Gasteiger partial charge < -0.3 is 14.4 Å². The van der Waals surface area contributed by atoms with Gasteiger partial charge >= 0.3 is 0 Å². The summed E-state index contributed by atoms with van der Waals surface area (Å²) in [5.41, 5.74) is 0.232. The maximum absolute atomic E-state index is 12.5. The molecule has 7 nitrogen and oxygen atoms in total. The van der Waals surface area contributed by atoms with Crippen LogP contribution in [0.25, 0.3) is 0 Å². The Morgan fingerprint density at radius 3 is 3.05 bits per heavy atom. The van der Waals surface area contributed by atoms with E-state index in [9.17, 15) is 9.59 Å². The third-order valence-corrected chi connectivity index (χ3v) is 3.63. The van der Waals surface area contributed by atoms with Crippen LogP contribution in [0.1, 0.15) is 47.9 Å². The highest BCUT2D eigenvalue weighted by atomic mass is 16.5. The lowest BCUT2D eigenvalue weighted by Gasteiger charge is -2.22. The van der Waals surface area contributed by atoms with Crippen molar-refractivity contribution in [3.05, 3.63) is 46.0 Å². The minimum absolute atomic E-state index is 0.128. The van der Waals surface area contributed by atoms with Crippen molar-refractivity contribution < 1.29 is 9.32 Å². The molecule has 110 valence electrons. The third-order valence-electron chi connectivity index (χ3n) is 3.63. The van der Waals surface area contributed by atoms with Crippen molar-refractivity contribution in [3.63, 3.8) is 0 Å². The van der Waals surface area contributed by atoms with Gasteiger partial charge in [-0.15, -0.1) is 0 Å². The van der Waals surface area contributed by atoms with E-state index in [0.29, 0.717) is 30.2 Å². The number of likely N-dealkylation sites (tertiary alicyclic amines) is 1. The highest BCUT2D eigenvalue weighted by Gasteiger charge is 2.33. The first kappa shape index (κ1) is 13.5. The second-order valence-electron chi connectivity index (χ2n) is 5.00. The van der Waals surface area contributed by atoms with E-state index in [1.165, 1.54) is 18.3 Å². The Morgan fingerprint density at radius 2 is 2.38 bits per heavy atom. The molecule has 0 radical (unpaired) electrons. The van der Waals surface area contributed by atoms with Crippen LogP contribution in [-0.4, -0.2) is 32.5 Å². The lowest BCUT2D eigenvalue weighted by Crippen LogP contribution is -2.31. The quantitative estimate of drug-likeness (QED) is 0.919. The van der Waals surface area contributed by atoms with Crippen LogP contribution in [0.4, 0.5) is 0 Å². The van der Waals surface area contributed by atoms with E-state index in [1.807, 2.05) is 6.92 Å². The van der Waals surface area contributed by atoms with Crippen LogP contribution in [0.5, 0.6) is 0 Å². The number of pyridine rings is 1. The monoisotopic (exact) mass is 288 g/mol. The summed E-state index contributed by atoms with van der Waals surface area (Å²) in [4.78, 5) is 32.2. The summed E-state index contributed by atoms with van der Waals surface area (Å²) >= 11 is 0. The Balaban J connectivity index is 1.84. The summed E-state index contributed by atoms with van der Waals surface area (Å²) in [5.74, 6) is 1.01. The summed E-state index contributed by atoms with van der Waals surface area (Å²) in [5, 5.41) is 3.97. The predicted octanol–water partition coefficient (Wildman–Crippen LogP) is 1.30. The average molecular weight is 288 g/mol. The Kier molecular flexibility index (Phi) is 3.55. The van der Waals surface area contributed by atoms with Gasteiger partial charge in [0.1, 0.15) is 0 Å². The number of nitrogens with zero attached hydrogens (tertiary/aromatic N) is 3. The fraction of sp³-hybridized carbons (Fsp3) is 0.429. The maximum atomic E-state index is 12.5. The van der Waals surface area contributed by atoms with Crippen LogP contribution in [0.2, 0.25) is 0 Å². The van der Waals surface area contributed by atoms with Crippen LogP contribution >= 0.6 is 0 Å². The van der Waals surface area contributed by atoms with E-state index in [0.717, 1.165) is 12.8 Å². The van der Waals surface area contributed by atoms with E-state index < -0.39 is 0 Å². The van der Waals surface area contributed by atoms with Crippen molar-refractivity contribution in [2.45, 2.75) is 32.2 Å². The molecule has 0 bridgehead atoms.